The Balaban J connectivity index is 1.34. The summed E-state index contributed by atoms with van der Waals surface area (Å²) in [5.41, 5.74) is 3.15. The summed E-state index contributed by atoms with van der Waals surface area (Å²) in [5.74, 6) is -0.0861. The molecule has 2 amide bonds. The highest BCUT2D eigenvalue weighted by atomic mass is 127. The lowest BCUT2D eigenvalue weighted by Gasteiger charge is -2.36. The Hall–Kier alpha value is -2.58. The molecule has 1 aliphatic rings. The predicted octanol–water partition coefficient (Wildman–Crippen LogP) is 5.16. The van der Waals surface area contributed by atoms with Gasteiger partial charge in [0.15, 0.2) is 0 Å². The fourth-order valence-corrected chi connectivity index (χ4v) is 4.30. The number of carbonyl (C=O) groups is 2. The maximum Gasteiger partial charge on any atom is 0.256 e. The molecule has 4 rings (SSSR count). The van der Waals surface area contributed by atoms with Crippen LogP contribution in [0.25, 0.3) is 0 Å². The van der Waals surface area contributed by atoms with Gasteiger partial charge in [0.25, 0.3) is 11.8 Å². The largest absolute Gasteiger partial charge is 0.368 e. The van der Waals surface area contributed by atoms with Crippen LogP contribution < -0.4 is 10.2 Å². The summed E-state index contributed by atoms with van der Waals surface area (Å²) in [6.07, 6.45) is 0. The first-order valence-corrected chi connectivity index (χ1v) is 11.4. The van der Waals surface area contributed by atoms with Crippen molar-refractivity contribution < 1.29 is 9.59 Å². The van der Waals surface area contributed by atoms with Crippen molar-refractivity contribution >= 4 is 57.4 Å². The highest BCUT2D eigenvalue weighted by Crippen LogP contribution is 2.22. The fourth-order valence-electron chi connectivity index (χ4n) is 3.54. The Morgan fingerprint density at radius 1 is 0.839 bits per heavy atom. The summed E-state index contributed by atoms with van der Waals surface area (Å²) in [6, 6.07) is 22.3. The van der Waals surface area contributed by atoms with E-state index < -0.39 is 0 Å². The molecule has 1 aliphatic heterocycles. The van der Waals surface area contributed by atoms with Crippen molar-refractivity contribution in [3.8, 4) is 0 Å². The Kier molecular flexibility index (Phi) is 6.77. The van der Waals surface area contributed by atoms with E-state index in [0.717, 1.165) is 28.0 Å². The topological polar surface area (TPSA) is 52.7 Å². The van der Waals surface area contributed by atoms with Crippen LogP contribution in [0.15, 0.2) is 72.8 Å². The van der Waals surface area contributed by atoms with Crippen LogP contribution in [0.5, 0.6) is 0 Å². The van der Waals surface area contributed by atoms with Crippen LogP contribution in [-0.2, 0) is 0 Å². The van der Waals surface area contributed by atoms with Gasteiger partial charge in [0.05, 0.1) is 5.56 Å². The molecule has 1 heterocycles. The van der Waals surface area contributed by atoms with Gasteiger partial charge in [-0.2, -0.15) is 0 Å². The van der Waals surface area contributed by atoms with Gasteiger partial charge in [0.2, 0.25) is 0 Å². The molecule has 0 atom stereocenters. The van der Waals surface area contributed by atoms with Crippen molar-refractivity contribution in [2.75, 3.05) is 36.4 Å². The zero-order chi connectivity index (χ0) is 21.8. The Bertz CT molecular complexity index is 1080. The molecule has 1 fully saturated rings. The van der Waals surface area contributed by atoms with E-state index in [0.29, 0.717) is 29.2 Å². The van der Waals surface area contributed by atoms with Crippen LogP contribution in [0, 0.1) is 3.57 Å². The third kappa shape index (κ3) is 5.19. The maximum atomic E-state index is 12.7. The average Bonchev–Trinajstić information content (AvgIpc) is 2.80. The molecule has 0 radical (unpaired) electrons. The third-order valence-electron chi connectivity index (χ3n) is 5.27. The summed E-state index contributed by atoms with van der Waals surface area (Å²) in [6.45, 7) is 2.83. The highest BCUT2D eigenvalue weighted by Gasteiger charge is 2.22. The SMILES string of the molecule is O=C(Nc1ccc(N2CCN(C(=O)c3ccc(Cl)cc3)CC2)cc1)c1ccccc1I. The molecular weight excluding hydrogens is 525 g/mol. The monoisotopic (exact) mass is 545 g/mol. The molecule has 0 bridgehead atoms. The fraction of sp³-hybridized carbons (Fsp3) is 0.167. The summed E-state index contributed by atoms with van der Waals surface area (Å²) < 4.78 is 0.917. The minimum absolute atomic E-state index is 0.0323. The van der Waals surface area contributed by atoms with Gasteiger partial charge < -0.3 is 15.1 Å². The van der Waals surface area contributed by atoms with Gasteiger partial charge in [-0.25, -0.2) is 0 Å². The molecule has 3 aromatic carbocycles. The molecule has 1 N–H and O–H groups in total. The molecule has 158 valence electrons. The number of nitrogens with zero attached hydrogens (tertiary/aromatic N) is 2. The molecule has 0 aromatic heterocycles. The van der Waals surface area contributed by atoms with Crippen LogP contribution in [0.1, 0.15) is 20.7 Å². The molecule has 7 heteroatoms. The second-order valence-electron chi connectivity index (χ2n) is 7.27. The summed E-state index contributed by atoms with van der Waals surface area (Å²) >= 11 is 8.07. The number of nitrogens with one attached hydrogen (secondary N) is 1. The lowest BCUT2D eigenvalue weighted by atomic mass is 10.1. The quantitative estimate of drug-likeness (QED) is 0.461. The number of amides is 2. The first-order chi connectivity index (χ1) is 15.0. The smallest absolute Gasteiger partial charge is 0.256 e. The van der Waals surface area contributed by atoms with E-state index in [9.17, 15) is 9.59 Å². The second kappa shape index (κ2) is 9.70. The maximum absolute atomic E-state index is 12.7. The van der Waals surface area contributed by atoms with Gasteiger partial charge in [0, 0.05) is 51.7 Å². The zero-order valence-electron chi connectivity index (χ0n) is 16.7. The summed E-state index contributed by atoms with van der Waals surface area (Å²) in [4.78, 5) is 29.3. The van der Waals surface area contributed by atoms with E-state index in [1.807, 2.05) is 53.4 Å². The normalized spacial score (nSPS) is 13.7. The van der Waals surface area contributed by atoms with E-state index in [1.54, 1.807) is 24.3 Å². The van der Waals surface area contributed by atoms with Crippen molar-refractivity contribution in [3.63, 3.8) is 0 Å². The summed E-state index contributed by atoms with van der Waals surface area (Å²) in [7, 11) is 0. The standard InChI is InChI=1S/C24H21ClIN3O2/c25-18-7-5-17(6-8-18)24(31)29-15-13-28(14-16-29)20-11-9-19(10-12-20)27-23(30)21-3-1-2-4-22(21)26/h1-12H,13-16H2,(H,27,30). The number of benzene rings is 3. The highest BCUT2D eigenvalue weighted by molar-refractivity contribution is 14.1. The number of piperazine rings is 1. The minimum Gasteiger partial charge on any atom is -0.368 e. The van der Waals surface area contributed by atoms with Gasteiger partial charge in [-0.3, -0.25) is 9.59 Å². The third-order valence-corrected chi connectivity index (χ3v) is 6.46. The van der Waals surface area contributed by atoms with Crippen LogP contribution in [0.2, 0.25) is 5.02 Å². The van der Waals surface area contributed by atoms with Crippen molar-refractivity contribution in [2.45, 2.75) is 0 Å². The molecule has 0 spiro atoms. The van der Waals surface area contributed by atoms with E-state index >= 15 is 0 Å². The number of hydrogen-bond acceptors (Lipinski definition) is 3. The van der Waals surface area contributed by atoms with Gasteiger partial charge in [-0.1, -0.05) is 23.7 Å². The van der Waals surface area contributed by atoms with Crippen LogP contribution in [-0.4, -0.2) is 42.9 Å². The van der Waals surface area contributed by atoms with Crippen molar-refractivity contribution in [2.24, 2.45) is 0 Å². The molecule has 0 saturated carbocycles. The lowest BCUT2D eigenvalue weighted by molar-refractivity contribution is 0.0746. The van der Waals surface area contributed by atoms with Crippen LogP contribution in [0.4, 0.5) is 11.4 Å². The van der Waals surface area contributed by atoms with Crippen molar-refractivity contribution in [1.29, 1.82) is 0 Å². The van der Waals surface area contributed by atoms with E-state index in [1.165, 1.54) is 0 Å². The lowest BCUT2D eigenvalue weighted by Crippen LogP contribution is -2.48. The average molecular weight is 546 g/mol. The van der Waals surface area contributed by atoms with Gasteiger partial charge in [-0.05, 0) is 83.3 Å². The molecule has 5 nitrogen and oxygen atoms in total. The number of rotatable bonds is 4. The first-order valence-electron chi connectivity index (χ1n) is 9.97. The zero-order valence-corrected chi connectivity index (χ0v) is 19.6. The number of carbonyl (C=O) groups excluding carboxylic acids is 2. The van der Waals surface area contributed by atoms with Crippen molar-refractivity contribution in [3.05, 3.63) is 92.5 Å². The van der Waals surface area contributed by atoms with Crippen molar-refractivity contribution in [1.82, 2.24) is 4.90 Å². The Morgan fingerprint density at radius 2 is 1.48 bits per heavy atom. The first kappa shape index (κ1) is 21.6. The van der Waals surface area contributed by atoms with E-state index in [2.05, 4.69) is 32.8 Å². The molecule has 1 saturated heterocycles. The van der Waals surface area contributed by atoms with Crippen LogP contribution >= 0.6 is 34.2 Å². The molecule has 31 heavy (non-hydrogen) atoms. The number of hydrogen-bond donors (Lipinski definition) is 1. The Morgan fingerprint density at radius 3 is 2.13 bits per heavy atom. The van der Waals surface area contributed by atoms with Gasteiger partial charge in [0.1, 0.15) is 0 Å². The number of halogens is 2. The molecule has 0 unspecified atom stereocenters. The predicted molar refractivity (Wildman–Crippen MR) is 133 cm³/mol. The molecule has 3 aromatic rings. The molecular formula is C24H21ClIN3O2. The van der Waals surface area contributed by atoms with E-state index in [-0.39, 0.29) is 11.8 Å². The van der Waals surface area contributed by atoms with E-state index in [4.69, 9.17) is 11.6 Å². The van der Waals surface area contributed by atoms with Crippen LogP contribution in [0.3, 0.4) is 0 Å². The summed E-state index contributed by atoms with van der Waals surface area (Å²) in [5, 5.41) is 3.57. The minimum atomic E-state index is -0.118. The van der Waals surface area contributed by atoms with Gasteiger partial charge >= 0.3 is 0 Å². The second-order valence-corrected chi connectivity index (χ2v) is 8.87. The number of anilines is 2. The Labute approximate surface area is 200 Å². The van der Waals surface area contributed by atoms with Gasteiger partial charge in [-0.15, -0.1) is 0 Å². The molecule has 0 aliphatic carbocycles.